The van der Waals surface area contributed by atoms with Crippen LogP contribution in [0, 0.1) is 42.2 Å². The lowest BCUT2D eigenvalue weighted by Gasteiger charge is -2.37. The molecule has 2 fully saturated rings. The monoisotopic (exact) mass is 418 g/mol. The summed E-state index contributed by atoms with van der Waals surface area (Å²) in [6.07, 6.45) is 17.2. The molecule has 1 aromatic rings. The highest BCUT2D eigenvalue weighted by molar-refractivity contribution is 5.42. The highest BCUT2D eigenvalue weighted by Gasteiger charge is 2.33. The van der Waals surface area contributed by atoms with Crippen LogP contribution in [0.1, 0.15) is 76.2 Å². The fourth-order valence-corrected chi connectivity index (χ4v) is 6.18. The van der Waals surface area contributed by atoms with Gasteiger partial charge in [0, 0.05) is 0 Å². The fourth-order valence-electron chi connectivity index (χ4n) is 6.18. The standard InChI is InChI=1S/C26H36F2O2/c1-17-15-23(29-2)24(27)25(28)26(17)30-16-18-7-9-20(10-8-18)22-13-11-21(12-14-22)19-5-3-4-6-19/h7,15,19-22H,3-6,8-14,16H2,1-2H3. The minimum Gasteiger partial charge on any atom is -0.494 e. The molecule has 166 valence electrons. The second-order valence-corrected chi connectivity index (χ2v) is 9.76. The lowest BCUT2D eigenvalue weighted by Crippen LogP contribution is -2.26. The second kappa shape index (κ2) is 9.70. The molecule has 0 bridgehead atoms. The SMILES string of the molecule is COc1cc(C)c(OCC2=CCC(C3CCC(C4CCCC4)CC3)CC2)c(F)c1F. The quantitative estimate of drug-likeness (QED) is 0.449. The van der Waals surface area contributed by atoms with Crippen molar-refractivity contribution >= 4 is 0 Å². The maximum Gasteiger partial charge on any atom is 0.204 e. The van der Waals surface area contributed by atoms with Gasteiger partial charge in [-0.2, -0.15) is 8.78 Å². The van der Waals surface area contributed by atoms with E-state index in [2.05, 4.69) is 6.08 Å². The Morgan fingerprint density at radius 2 is 1.50 bits per heavy atom. The average molecular weight is 419 g/mol. The van der Waals surface area contributed by atoms with Crippen LogP contribution >= 0.6 is 0 Å². The molecule has 3 aliphatic rings. The average Bonchev–Trinajstić information content (AvgIpc) is 3.32. The molecule has 2 nitrogen and oxygen atoms in total. The van der Waals surface area contributed by atoms with Gasteiger partial charge in [-0.05, 0) is 92.7 Å². The van der Waals surface area contributed by atoms with E-state index in [0.29, 0.717) is 12.2 Å². The highest BCUT2D eigenvalue weighted by Crippen LogP contribution is 2.45. The number of allylic oxidation sites excluding steroid dienone is 1. The lowest BCUT2D eigenvalue weighted by molar-refractivity contribution is 0.155. The van der Waals surface area contributed by atoms with Crippen molar-refractivity contribution in [3.05, 3.63) is 34.9 Å². The van der Waals surface area contributed by atoms with Crippen LogP contribution in [0.3, 0.4) is 0 Å². The molecule has 0 aliphatic heterocycles. The van der Waals surface area contributed by atoms with Gasteiger partial charge in [0.2, 0.25) is 11.6 Å². The van der Waals surface area contributed by atoms with Gasteiger partial charge >= 0.3 is 0 Å². The van der Waals surface area contributed by atoms with E-state index in [1.165, 1.54) is 76.5 Å². The first-order valence-electron chi connectivity index (χ1n) is 11.9. The van der Waals surface area contributed by atoms with Crippen molar-refractivity contribution in [1.29, 1.82) is 0 Å². The molecule has 30 heavy (non-hydrogen) atoms. The van der Waals surface area contributed by atoms with Crippen LogP contribution in [0.5, 0.6) is 11.5 Å². The summed E-state index contributed by atoms with van der Waals surface area (Å²) in [5.41, 5.74) is 1.76. The van der Waals surface area contributed by atoms with Crippen LogP contribution in [0.25, 0.3) is 0 Å². The molecule has 3 aliphatic carbocycles. The number of rotatable bonds is 6. The Kier molecular flexibility index (Phi) is 7.00. The van der Waals surface area contributed by atoms with E-state index in [1.807, 2.05) is 0 Å². The Labute approximate surface area is 180 Å². The number of hydrogen-bond acceptors (Lipinski definition) is 2. The van der Waals surface area contributed by atoms with Crippen LogP contribution in [-0.4, -0.2) is 13.7 Å². The summed E-state index contributed by atoms with van der Waals surface area (Å²) in [6, 6.07) is 1.49. The van der Waals surface area contributed by atoms with Crippen molar-refractivity contribution in [2.45, 2.75) is 77.6 Å². The number of benzene rings is 1. The van der Waals surface area contributed by atoms with E-state index in [1.54, 1.807) is 6.92 Å². The molecule has 0 aromatic heterocycles. The van der Waals surface area contributed by atoms with Gasteiger partial charge in [-0.3, -0.25) is 0 Å². The number of hydrogen-bond donors (Lipinski definition) is 0. The van der Waals surface area contributed by atoms with E-state index in [0.717, 1.165) is 36.5 Å². The molecule has 0 amide bonds. The summed E-state index contributed by atoms with van der Waals surface area (Å²) in [6.45, 7) is 2.05. The topological polar surface area (TPSA) is 18.5 Å². The number of ether oxygens (including phenoxy) is 2. The Bertz CT molecular complexity index is 759. The van der Waals surface area contributed by atoms with Crippen LogP contribution in [-0.2, 0) is 0 Å². The highest BCUT2D eigenvalue weighted by atomic mass is 19.2. The molecular formula is C26H36F2O2. The molecule has 2 saturated carbocycles. The van der Waals surface area contributed by atoms with E-state index >= 15 is 0 Å². The first-order chi connectivity index (χ1) is 14.6. The Morgan fingerprint density at radius 3 is 2.10 bits per heavy atom. The van der Waals surface area contributed by atoms with Gasteiger partial charge in [-0.1, -0.05) is 31.8 Å². The van der Waals surface area contributed by atoms with E-state index < -0.39 is 11.6 Å². The van der Waals surface area contributed by atoms with E-state index in [4.69, 9.17) is 9.47 Å². The van der Waals surface area contributed by atoms with Gasteiger partial charge < -0.3 is 9.47 Å². The molecule has 0 heterocycles. The van der Waals surface area contributed by atoms with Gasteiger partial charge in [0.15, 0.2) is 11.5 Å². The van der Waals surface area contributed by atoms with Crippen LogP contribution in [0.2, 0.25) is 0 Å². The molecule has 1 aromatic carbocycles. The first kappa shape index (κ1) is 21.6. The zero-order valence-electron chi connectivity index (χ0n) is 18.5. The van der Waals surface area contributed by atoms with Crippen molar-refractivity contribution in [2.24, 2.45) is 23.7 Å². The number of methoxy groups -OCH3 is 1. The minimum atomic E-state index is -0.982. The van der Waals surface area contributed by atoms with Crippen molar-refractivity contribution in [3.8, 4) is 11.5 Å². The number of halogens is 2. The molecule has 0 N–H and O–H groups in total. The predicted molar refractivity (Wildman–Crippen MR) is 116 cm³/mol. The first-order valence-corrected chi connectivity index (χ1v) is 11.9. The fraction of sp³-hybridized carbons (Fsp3) is 0.692. The molecule has 1 atom stereocenters. The summed E-state index contributed by atoms with van der Waals surface area (Å²) >= 11 is 0. The zero-order chi connectivity index (χ0) is 21.1. The molecule has 4 heteroatoms. The minimum absolute atomic E-state index is 0.00144. The third kappa shape index (κ3) is 4.68. The zero-order valence-corrected chi connectivity index (χ0v) is 18.5. The summed E-state index contributed by atoms with van der Waals surface area (Å²) in [7, 11) is 1.34. The Morgan fingerprint density at radius 1 is 0.867 bits per heavy atom. The van der Waals surface area contributed by atoms with Gasteiger partial charge in [-0.15, -0.1) is 0 Å². The summed E-state index contributed by atoms with van der Waals surface area (Å²) < 4.78 is 38.9. The van der Waals surface area contributed by atoms with Gasteiger partial charge in [0.25, 0.3) is 0 Å². The maximum absolute atomic E-state index is 14.3. The van der Waals surface area contributed by atoms with Crippen LogP contribution in [0.4, 0.5) is 8.78 Å². The molecular weight excluding hydrogens is 382 g/mol. The summed E-state index contributed by atoms with van der Waals surface area (Å²) in [4.78, 5) is 0. The van der Waals surface area contributed by atoms with E-state index in [-0.39, 0.29) is 11.5 Å². The molecule has 1 unspecified atom stereocenters. The van der Waals surface area contributed by atoms with Crippen molar-refractivity contribution < 1.29 is 18.3 Å². The predicted octanol–water partition coefficient (Wildman–Crippen LogP) is 7.38. The molecule has 0 spiro atoms. The van der Waals surface area contributed by atoms with Crippen LogP contribution in [0.15, 0.2) is 17.7 Å². The van der Waals surface area contributed by atoms with Crippen LogP contribution < -0.4 is 9.47 Å². The third-order valence-electron chi connectivity index (χ3n) is 8.03. The smallest absolute Gasteiger partial charge is 0.204 e. The Balaban J connectivity index is 1.27. The molecule has 4 rings (SSSR count). The van der Waals surface area contributed by atoms with Crippen molar-refractivity contribution in [2.75, 3.05) is 13.7 Å². The number of aryl methyl sites for hydroxylation is 1. The van der Waals surface area contributed by atoms with E-state index in [9.17, 15) is 8.78 Å². The molecule has 0 radical (unpaired) electrons. The third-order valence-corrected chi connectivity index (χ3v) is 8.03. The normalized spacial score (nSPS) is 27.7. The van der Waals surface area contributed by atoms with Gasteiger partial charge in [0.1, 0.15) is 6.61 Å². The van der Waals surface area contributed by atoms with Crippen molar-refractivity contribution in [1.82, 2.24) is 0 Å². The van der Waals surface area contributed by atoms with Gasteiger partial charge in [0.05, 0.1) is 7.11 Å². The summed E-state index contributed by atoms with van der Waals surface area (Å²) in [5.74, 6) is 1.65. The largest absolute Gasteiger partial charge is 0.494 e. The Hall–Kier alpha value is -1.58. The second-order valence-electron chi connectivity index (χ2n) is 9.76. The van der Waals surface area contributed by atoms with Crippen molar-refractivity contribution in [3.63, 3.8) is 0 Å². The summed E-state index contributed by atoms with van der Waals surface area (Å²) in [5, 5.41) is 0. The maximum atomic E-state index is 14.3. The lowest BCUT2D eigenvalue weighted by atomic mass is 9.69. The molecule has 0 saturated heterocycles. The van der Waals surface area contributed by atoms with Gasteiger partial charge in [-0.25, -0.2) is 0 Å².